The lowest BCUT2D eigenvalue weighted by Gasteiger charge is -2.23. The van der Waals surface area contributed by atoms with Crippen LogP contribution < -0.4 is 9.62 Å². The van der Waals surface area contributed by atoms with Gasteiger partial charge in [0.1, 0.15) is 0 Å². The molecule has 5 nitrogen and oxygen atoms in total. The largest absolute Gasteiger partial charge is 0.356 e. The van der Waals surface area contributed by atoms with E-state index in [1.165, 1.54) is 23.4 Å². The summed E-state index contributed by atoms with van der Waals surface area (Å²) in [6.07, 6.45) is 6.56. The lowest BCUT2D eigenvalue weighted by atomic mass is 9.99. The molecule has 0 heterocycles. The Morgan fingerprint density at radius 1 is 1.26 bits per heavy atom. The second-order valence-corrected chi connectivity index (χ2v) is 9.85. The van der Waals surface area contributed by atoms with Gasteiger partial charge in [0.05, 0.1) is 11.9 Å². The number of unbranched alkanes of at least 4 members (excludes halogenated alkanes) is 1. The first-order chi connectivity index (χ1) is 12.7. The molecule has 1 amide bonds. The van der Waals surface area contributed by atoms with Crippen LogP contribution in [0.4, 0.5) is 5.69 Å². The maximum Gasteiger partial charge on any atom is 0.232 e. The summed E-state index contributed by atoms with van der Waals surface area (Å²) in [6.45, 7) is 7.24. The first-order valence-corrected chi connectivity index (χ1v) is 12.3. The summed E-state index contributed by atoms with van der Waals surface area (Å²) >= 11 is 3.43. The van der Waals surface area contributed by atoms with Gasteiger partial charge in [-0.05, 0) is 49.4 Å². The van der Waals surface area contributed by atoms with Crippen LogP contribution in [-0.2, 0) is 14.8 Å². The Morgan fingerprint density at radius 2 is 1.96 bits per heavy atom. The number of hydrogen-bond donors (Lipinski definition) is 1. The molecule has 0 fully saturated rings. The number of aryl methyl sites for hydroxylation is 1. The van der Waals surface area contributed by atoms with Crippen molar-refractivity contribution in [1.29, 1.82) is 0 Å². The normalized spacial score (nSPS) is 12.6. The minimum atomic E-state index is -3.40. The molecule has 0 saturated heterocycles. The van der Waals surface area contributed by atoms with Gasteiger partial charge in [0.15, 0.2) is 0 Å². The quantitative estimate of drug-likeness (QED) is 0.493. The maximum absolute atomic E-state index is 12.2. The average molecular weight is 461 g/mol. The molecule has 1 rings (SSSR count). The first-order valence-electron chi connectivity index (χ1n) is 9.69. The van der Waals surface area contributed by atoms with E-state index in [0.717, 1.165) is 22.9 Å². The molecule has 0 unspecified atom stereocenters. The standard InChI is InChI=1S/C20H33BrN2O3S/c1-5-7-9-17(6-2)15-22-20(24)10-8-13-23(27(4,25)26)18-11-12-19(21)16(3)14-18/h11-12,14,17H,5-10,13,15H2,1-4H3,(H,22,24)/t17-/m1/s1. The van der Waals surface area contributed by atoms with E-state index in [0.29, 0.717) is 37.5 Å². The molecular weight excluding hydrogens is 428 g/mol. The smallest absolute Gasteiger partial charge is 0.232 e. The van der Waals surface area contributed by atoms with Gasteiger partial charge in [-0.1, -0.05) is 49.0 Å². The Morgan fingerprint density at radius 3 is 2.52 bits per heavy atom. The Labute approximate surface area is 173 Å². The number of carbonyl (C=O) groups excluding carboxylic acids is 1. The Kier molecular flexibility index (Phi) is 10.4. The van der Waals surface area contributed by atoms with Gasteiger partial charge >= 0.3 is 0 Å². The fourth-order valence-electron chi connectivity index (χ4n) is 2.94. The SMILES string of the molecule is CCCC[C@@H](CC)CNC(=O)CCCN(c1ccc(Br)c(C)c1)S(C)(=O)=O. The monoisotopic (exact) mass is 460 g/mol. The maximum atomic E-state index is 12.2. The molecule has 1 atom stereocenters. The number of halogens is 1. The van der Waals surface area contributed by atoms with Gasteiger partial charge in [0.2, 0.25) is 15.9 Å². The van der Waals surface area contributed by atoms with Crippen LogP contribution in [0.2, 0.25) is 0 Å². The lowest BCUT2D eigenvalue weighted by Crippen LogP contribution is -2.33. The number of anilines is 1. The summed E-state index contributed by atoms with van der Waals surface area (Å²) in [5, 5.41) is 3.00. The number of benzene rings is 1. The highest BCUT2D eigenvalue weighted by Crippen LogP contribution is 2.25. The van der Waals surface area contributed by atoms with Crippen LogP contribution in [0.5, 0.6) is 0 Å². The topological polar surface area (TPSA) is 66.5 Å². The highest BCUT2D eigenvalue weighted by molar-refractivity contribution is 9.10. The highest BCUT2D eigenvalue weighted by Gasteiger charge is 2.18. The highest BCUT2D eigenvalue weighted by atomic mass is 79.9. The number of nitrogens with zero attached hydrogens (tertiary/aromatic N) is 1. The van der Waals surface area contributed by atoms with Gasteiger partial charge in [-0.25, -0.2) is 8.42 Å². The van der Waals surface area contributed by atoms with Crippen molar-refractivity contribution >= 4 is 37.5 Å². The van der Waals surface area contributed by atoms with E-state index in [-0.39, 0.29) is 5.91 Å². The van der Waals surface area contributed by atoms with Crippen LogP contribution >= 0.6 is 15.9 Å². The zero-order valence-electron chi connectivity index (χ0n) is 16.9. The van der Waals surface area contributed by atoms with Crippen molar-refractivity contribution in [3.63, 3.8) is 0 Å². The zero-order chi connectivity index (χ0) is 20.4. The third kappa shape index (κ3) is 8.64. The molecule has 0 bridgehead atoms. The van der Waals surface area contributed by atoms with Crippen molar-refractivity contribution in [2.24, 2.45) is 5.92 Å². The van der Waals surface area contributed by atoms with E-state index in [9.17, 15) is 13.2 Å². The van der Waals surface area contributed by atoms with Crippen LogP contribution in [0.25, 0.3) is 0 Å². The predicted octanol–water partition coefficient (Wildman–Crippen LogP) is 4.64. The summed E-state index contributed by atoms with van der Waals surface area (Å²) in [5.41, 5.74) is 1.60. The van der Waals surface area contributed by atoms with Crippen LogP contribution in [0, 0.1) is 12.8 Å². The molecule has 0 saturated carbocycles. The third-order valence-corrected chi connectivity index (χ3v) is 6.81. The van der Waals surface area contributed by atoms with Gasteiger partial charge in [0.25, 0.3) is 0 Å². The van der Waals surface area contributed by atoms with Gasteiger partial charge in [-0.2, -0.15) is 0 Å². The van der Waals surface area contributed by atoms with Crippen LogP contribution in [0.3, 0.4) is 0 Å². The average Bonchev–Trinajstić information content (AvgIpc) is 2.60. The number of carbonyl (C=O) groups is 1. The number of amides is 1. The fourth-order valence-corrected chi connectivity index (χ4v) is 4.15. The molecule has 7 heteroatoms. The van der Waals surface area contributed by atoms with Crippen LogP contribution in [0.15, 0.2) is 22.7 Å². The first kappa shape index (κ1) is 24.0. The molecule has 0 aliphatic rings. The Bertz CT molecular complexity index is 707. The molecule has 27 heavy (non-hydrogen) atoms. The van der Waals surface area contributed by atoms with Crippen molar-refractivity contribution in [3.8, 4) is 0 Å². The summed E-state index contributed by atoms with van der Waals surface area (Å²) < 4.78 is 26.7. The van der Waals surface area contributed by atoms with Crippen molar-refractivity contribution in [2.45, 2.75) is 59.3 Å². The fraction of sp³-hybridized carbons (Fsp3) is 0.650. The molecule has 0 aliphatic heterocycles. The van der Waals surface area contributed by atoms with Crippen molar-refractivity contribution in [3.05, 3.63) is 28.2 Å². The molecule has 0 spiro atoms. The second-order valence-electron chi connectivity index (χ2n) is 7.09. The van der Waals surface area contributed by atoms with Crippen molar-refractivity contribution in [1.82, 2.24) is 5.32 Å². The molecule has 0 radical (unpaired) electrons. The third-order valence-electron chi connectivity index (χ3n) is 4.73. The lowest BCUT2D eigenvalue weighted by molar-refractivity contribution is -0.121. The van der Waals surface area contributed by atoms with Crippen LogP contribution in [0.1, 0.15) is 57.9 Å². The minimum absolute atomic E-state index is 0.00890. The molecular formula is C20H33BrN2O3S. The predicted molar refractivity (Wildman–Crippen MR) is 117 cm³/mol. The van der Waals surface area contributed by atoms with Crippen molar-refractivity contribution < 1.29 is 13.2 Å². The van der Waals surface area contributed by atoms with E-state index < -0.39 is 10.0 Å². The molecule has 0 aromatic heterocycles. The number of rotatable bonds is 12. The Hall–Kier alpha value is -1.08. The van der Waals surface area contributed by atoms with E-state index in [4.69, 9.17) is 0 Å². The molecule has 1 aromatic rings. The molecule has 0 aliphatic carbocycles. The molecule has 1 N–H and O–H groups in total. The summed E-state index contributed by atoms with van der Waals surface area (Å²) in [5.74, 6) is 0.512. The van der Waals surface area contributed by atoms with Gasteiger partial charge in [-0.3, -0.25) is 9.10 Å². The summed E-state index contributed by atoms with van der Waals surface area (Å²) in [7, 11) is -3.40. The number of nitrogens with one attached hydrogen (secondary N) is 1. The summed E-state index contributed by atoms with van der Waals surface area (Å²) in [4.78, 5) is 12.1. The van der Waals surface area contributed by atoms with E-state index >= 15 is 0 Å². The minimum Gasteiger partial charge on any atom is -0.356 e. The van der Waals surface area contributed by atoms with E-state index in [1.807, 2.05) is 19.1 Å². The Balaban J connectivity index is 2.57. The van der Waals surface area contributed by atoms with E-state index in [1.54, 1.807) is 6.07 Å². The molecule has 154 valence electrons. The second kappa shape index (κ2) is 11.7. The van der Waals surface area contributed by atoms with Crippen molar-refractivity contribution in [2.75, 3.05) is 23.7 Å². The molecule has 1 aromatic carbocycles. The number of hydrogen-bond acceptors (Lipinski definition) is 3. The van der Waals surface area contributed by atoms with Gasteiger partial charge in [0, 0.05) is 24.0 Å². The zero-order valence-corrected chi connectivity index (χ0v) is 19.3. The number of sulfonamides is 1. The van der Waals surface area contributed by atoms with Gasteiger partial charge in [-0.15, -0.1) is 0 Å². The summed E-state index contributed by atoms with van der Waals surface area (Å²) in [6, 6.07) is 5.46. The van der Waals surface area contributed by atoms with Gasteiger partial charge < -0.3 is 5.32 Å². The van der Waals surface area contributed by atoms with E-state index in [2.05, 4.69) is 35.1 Å². The van der Waals surface area contributed by atoms with Crippen LogP contribution in [-0.4, -0.2) is 33.7 Å².